The minimum absolute atomic E-state index is 0.164. The third kappa shape index (κ3) is 2.54. The van der Waals surface area contributed by atoms with Gasteiger partial charge in [0.15, 0.2) is 0 Å². The fourth-order valence-corrected chi connectivity index (χ4v) is 2.68. The Morgan fingerprint density at radius 1 is 1.22 bits per heavy atom. The van der Waals surface area contributed by atoms with E-state index in [-0.39, 0.29) is 5.56 Å². The maximum atomic E-state index is 13.8. The first-order valence-corrected chi connectivity index (χ1v) is 6.46. The van der Waals surface area contributed by atoms with E-state index in [0.29, 0.717) is 19.4 Å². The smallest absolute Gasteiger partial charge is 0.132 e. The minimum Gasteiger partial charge on any atom is -0.385 e. The van der Waals surface area contributed by atoms with E-state index in [1.165, 1.54) is 18.2 Å². The number of benzene rings is 1. The molecule has 100 valence electrons. The highest BCUT2D eigenvalue weighted by Gasteiger charge is 2.36. The summed E-state index contributed by atoms with van der Waals surface area (Å²) in [4.78, 5) is 2.19. The number of nitrogens with zero attached hydrogens (tertiary/aromatic N) is 1. The topological polar surface area (TPSA) is 23.5 Å². The molecular weight excluding hydrogens is 236 g/mol. The van der Waals surface area contributed by atoms with Gasteiger partial charge in [-0.3, -0.25) is 0 Å². The second-order valence-corrected chi connectivity index (χ2v) is 4.92. The van der Waals surface area contributed by atoms with Crippen LogP contribution in [-0.4, -0.2) is 29.6 Å². The van der Waals surface area contributed by atoms with Crippen LogP contribution in [0.4, 0.5) is 8.78 Å². The van der Waals surface area contributed by atoms with Gasteiger partial charge in [0.1, 0.15) is 11.6 Å². The third-order valence-corrected chi connectivity index (χ3v) is 3.78. The lowest BCUT2D eigenvalue weighted by Gasteiger charge is -2.28. The van der Waals surface area contributed by atoms with Crippen molar-refractivity contribution in [2.45, 2.75) is 31.8 Å². The number of hydrogen-bond acceptors (Lipinski definition) is 2. The number of hydrogen-bond donors (Lipinski definition) is 1. The molecule has 0 radical (unpaired) electrons. The van der Waals surface area contributed by atoms with Crippen LogP contribution in [0.1, 0.15) is 31.7 Å². The monoisotopic (exact) mass is 255 g/mol. The zero-order chi connectivity index (χ0) is 13.2. The molecule has 1 aromatic carbocycles. The highest BCUT2D eigenvalue weighted by Crippen LogP contribution is 2.35. The lowest BCUT2D eigenvalue weighted by atomic mass is 9.86. The molecule has 1 N–H and O–H groups in total. The summed E-state index contributed by atoms with van der Waals surface area (Å²) in [7, 11) is 0. The second-order valence-electron chi connectivity index (χ2n) is 4.92. The second kappa shape index (κ2) is 5.33. The molecule has 0 aromatic heterocycles. The van der Waals surface area contributed by atoms with Gasteiger partial charge in [-0.05, 0) is 44.5 Å². The van der Waals surface area contributed by atoms with Crippen LogP contribution in [0.25, 0.3) is 0 Å². The van der Waals surface area contributed by atoms with Gasteiger partial charge in [-0.25, -0.2) is 8.78 Å². The predicted molar refractivity (Wildman–Crippen MR) is 66.2 cm³/mol. The standard InChI is InChI=1S/C14H19F2NO/c1-2-17-9-4-7-14(18,8-10-17)13-11(15)5-3-6-12(13)16/h3,5-6,18H,2,4,7-10H2,1H3. The lowest BCUT2D eigenvalue weighted by Crippen LogP contribution is -2.31. The molecule has 1 saturated heterocycles. The van der Waals surface area contributed by atoms with Crippen LogP contribution in [0, 0.1) is 11.6 Å². The van der Waals surface area contributed by atoms with Gasteiger partial charge in [0.2, 0.25) is 0 Å². The van der Waals surface area contributed by atoms with E-state index in [9.17, 15) is 13.9 Å². The van der Waals surface area contributed by atoms with Crippen molar-refractivity contribution in [3.63, 3.8) is 0 Å². The SMILES string of the molecule is CCN1CCCC(O)(c2c(F)cccc2F)CC1. The molecule has 1 aliphatic heterocycles. The number of aliphatic hydroxyl groups is 1. The van der Waals surface area contributed by atoms with Crippen molar-refractivity contribution < 1.29 is 13.9 Å². The first-order chi connectivity index (χ1) is 8.57. The van der Waals surface area contributed by atoms with Gasteiger partial charge in [0.05, 0.1) is 11.2 Å². The quantitative estimate of drug-likeness (QED) is 0.878. The molecule has 2 rings (SSSR count). The fraction of sp³-hybridized carbons (Fsp3) is 0.571. The van der Waals surface area contributed by atoms with E-state index >= 15 is 0 Å². The van der Waals surface area contributed by atoms with Gasteiger partial charge in [0.25, 0.3) is 0 Å². The average Bonchev–Trinajstić information content (AvgIpc) is 2.51. The molecule has 0 aliphatic carbocycles. The molecule has 0 bridgehead atoms. The summed E-state index contributed by atoms with van der Waals surface area (Å²) >= 11 is 0. The zero-order valence-corrected chi connectivity index (χ0v) is 10.6. The van der Waals surface area contributed by atoms with Gasteiger partial charge in [-0.2, -0.15) is 0 Å². The fourth-order valence-electron chi connectivity index (χ4n) is 2.68. The minimum atomic E-state index is -1.38. The normalized spacial score (nSPS) is 26.0. The zero-order valence-electron chi connectivity index (χ0n) is 10.6. The summed E-state index contributed by atoms with van der Waals surface area (Å²) in [6, 6.07) is 3.74. The molecule has 0 amide bonds. The van der Waals surface area contributed by atoms with Crippen LogP contribution >= 0.6 is 0 Å². The molecule has 1 atom stereocenters. The van der Waals surface area contributed by atoms with Gasteiger partial charge >= 0.3 is 0 Å². The van der Waals surface area contributed by atoms with E-state index in [1.54, 1.807) is 0 Å². The van der Waals surface area contributed by atoms with Crippen molar-refractivity contribution in [2.75, 3.05) is 19.6 Å². The summed E-state index contributed by atoms with van der Waals surface area (Å²) in [6.07, 6.45) is 1.53. The Labute approximate surface area is 106 Å². The molecule has 1 aromatic rings. The Morgan fingerprint density at radius 2 is 1.89 bits per heavy atom. The molecule has 0 saturated carbocycles. The van der Waals surface area contributed by atoms with Crippen molar-refractivity contribution in [2.24, 2.45) is 0 Å². The van der Waals surface area contributed by atoms with Gasteiger partial charge in [-0.15, -0.1) is 0 Å². The van der Waals surface area contributed by atoms with Gasteiger partial charge in [-0.1, -0.05) is 13.0 Å². The molecule has 1 unspecified atom stereocenters. The van der Waals surface area contributed by atoms with Crippen molar-refractivity contribution in [3.8, 4) is 0 Å². The van der Waals surface area contributed by atoms with Gasteiger partial charge < -0.3 is 10.0 Å². The molecule has 1 fully saturated rings. The van der Waals surface area contributed by atoms with Crippen molar-refractivity contribution in [1.29, 1.82) is 0 Å². The van der Waals surface area contributed by atoms with Crippen LogP contribution in [0.2, 0.25) is 0 Å². The van der Waals surface area contributed by atoms with E-state index in [4.69, 9.17) is 0 Å². The molecular formula is C14H19F2NO. The molecule has 1 heterocycles. The number of rotatable bonds is 2. The molecule has 0 spiro atoms. The van der Waals surface area contributed by atoms with Crippen LogP contribution in [0.3, 0.4) is 0 Å². The number of halogens is 2. The van der Waals surface area contributed by atoms with Crippen molar-refractivity contribution >= 4 is 0 Å². The van der Waals surface area contributed by atoms with E-state index in [0.717, 1.165) is 19.5 Å². The summed E-state index contributed by atoms with van der Waals surface area (Å²) in [6.45, 7) is 4.49. The lowest BCUT2D eigenvalue weighted by molar-refractivity contribution is 0.0144. The highest BCUT2D eigenvalue weighted by molar-refractivity contribution is 5.26. The Hall–Kier alpha value is -1.00. The average molecular weight is 255 g/mol. The molecule has 18 heavy (non-hydrogen) atoms. The molecule has 1 aliphatic rings. The van der Waals surface area contributed by atoms with Crippen molar-refractivity contribution in [3.05, 3.63) is 35.4 Å². The number of likely N-dealkylation sites (tertiary alicyclic amines) is 1. The molecule has 4 heteroatoms. The Balaban J connectivity index is 2.30. The first-order valence-electron chi connectivity index (χ1n) is 6.46. The van der Waals surface area contributed by atoms with Gasteiger partial charge in [0, 0.05) is 6.54 Å². The predicted octanol–water partition coefficient (Wildman–Crippen LogP) is 2.66. The van der Waals surface area contributed by atoms with Crippen molar-refractivity contribution in [1.82, 2.24) is 4.90 Å². The largest absolute Gasteiger partial charge is 0.385 e. The Bertz CT molecular complexity index is 404. The van der Waals surface area contributed by atoms with E-state index in [2.05, 4.69) is 4.90 Å². The van der Waals surface area contributed by atoms with E-state index in [1.807, 2.05) is 6.92 Å². The third-order valence-electron chi connectivity index (χ3n) is 3.78. The molecule has 2 nitrogen and oxygen atoms in total. The maximum absolute atomic E-state index is 13.8. The maximum Gasteiger partial charge on any atom is 0.132 e. The first kappa shape index (κ1) is 13.4. The Kier molecular flexibility index (Phi) is 3.97. The van der Waals surface area contributed by atoms with Crippen LogP contribution in [0.15, 0.2) is 18.2 Å². The summed E-state index contributed by atoms with van der Waals surface area (Å²) in [5, 5.41) is 10.6. The summed E-state index contributed by atoms with van der Waals surface area (Å²) < 4.78 is 27.6. The van der Waals surface area contributed by atoms with Crippen LogP contribution in [0.5, 0.6) is 0 Å². The van der Waals surface area contributed by atoms with Crippen LogP contribution < -0.4 is 0 Å². The van der Waals surface area contributed by atoms with E-state index < -0.39 is 17.2 Å². The Morgan fingerprint density at radius 3 is 2.50 bits per heavy atom. The summed E-state index contributed by atoms with van der Waals surface area (Å²) in [5.74, 6) is -1.30. The highest BCUT2D eigenvalue weighted by atomic mass is 19.1. The van der Waals surface area contributed by atoms with Crippen LogP contribution in [-0.2, 0) is 5.60 Å². The summed E-state index contributed by atoms with van der Waals surface area (Å²) in [5.41, 5.74) is -1.54.